The maximum atomic E-state index is 13.1. The van der Waals surface area contributed by atoms with E-state index in [0.29, 0.717) is 25.2 Å². The normalized spacial score (nSPS) is 18.1. The monoisotopic (exact) mass is 457 g/mol. The molecule has 7 nitrogen and oxygen atoms in total. The number of aromatic nitrogens is 2. The molecule has 9 heteroatoms. The minimum absolute atomic E-state index is 0.0687. The highest BCUT2D eigenvalue weighted by molar-refractivity contribution is 5.77. The van der Waals surface area contributed by atoms with Crippen LogP contribution in [0.4, 0.5) is 19.4 Å². The number of ether oxygens (including phenoxy) is 1. The third-order valence-corrected chi connectivity index (χ3v) is 6.15. The molecule has 1 aromatic carbocycles. The van der Waals surface area contributed by atoms with Gasteiger partial charge in [-0.1, -0.05) is 23.8 Å². The number of urea groups is 1. The quantitative estimate of drug-likeness (QED) is 0.720. The number of fused-ring (bicyclic) bond motifs is 1. The van der Waals surface area contributed by atoms with Gasteiger partial charge in [-0.25, -0.2) is 14.8 Å². The Kier molecular flexibility index (Phi) is 6.23. The number of hydrogen-bond acceptors (Lipinski definition) is 5. The zero-order valence-electron chi connectivity index (χ0n) is 19.3. The van der Waals surface area contributed by atoms with E-state index in [-0.39, 0.29) is 17.8 Å². The molecule has 1 atom stereocenters. The fraction of sp³-hybridized carbons (Fsp3) is 0.458. The van der Waals surface area contributed by atoms with Crippen LogP contribution in [0.2, 0.25) is 0 Å². The number of benzene rings is 1. The second-order valence-electron chi connectivity index (χ2n) is 9.23. The molecule has 1 saturated heterocycles. The molecule has 0 radical (unpaired) electrons. The predicted molar refractivity (Wildman–Crippen MR) is 122 cm³/mol. The van der Waals surface area contributed by atoms with Gasteiger partial charge in [0.05, 0.1) is 17.3 Å². The standard InChI is InChI=1S/C24H29F2N5O2/c1-15-10-19-20(11-15)27-14-28-21(19)30-8-9-31(24(3,4)13-30)23(32)29-16(2)17-6-5-7-18(12-17)33-22(25)26/h5-7,10,12,14,16,22H,8-9,11,13H2,1-4H3,(H,29,32)/t16-/m0/s1. The Hall–Kier alpha value is -3.23. The van der Waals surface area contributed by atoms with Gasteiger partial charge in [0.1, 0.15) is 17.9 Å². The van der Waals surface area contributed by atoms with Gasteiger partial charge in [-0.15, -0.1) is 0 Å². The number of carbonyl (C=O) groups excluding carboxylic acids is 1. The summed E-state index contributed by atoms with van der Waals surface area (Å²) < 4.78 is 29.5. The molecule has 2 amide bonds. The van der Waals surface area contributed by atoms with Crippen molar-refractivity contribution in [1.29, 1.82) is 0 Å². The molecule has 2 aliphatic rings. The minimum atomic E-state index is -2.89. The minimum Gasteiger partial charge on any atom is -0.435 e. The van der Waals surface area contributed by atoms with Crippen LogP contribution in [-0.2, 0) is 6.42 Å². The zero-order chi connectivity index (χ0) is 23.8. The SMILES string of the molecule is CC1=Cc2c(ncnc2N2CCN(C(=O)N[C@@H](C)c3cccc(OC(F)F)c3)C(C)(C)C2)C1. The molecule has 1 aliphatic heterocycles. The third kappa shape index (κ3) is 4.91. The predicted octanol–water partition coefficient (Wildman–Crippen LogP) is 4.41. The van der Waals surface area contributed by atoms with Crippen LogP contribution in [0.1, 0.15) is 50.6 Å². The number of nitrogens with zero attached hydrogens (tertiary/aromatic N) is 4. The molecule has 0 unspecified atom stereocenters. The number of anilines is 1. The van der Waals surface area contributed by atoms with Gasteiger partial charge in [0.15, 0.2) is 0 Å². The summed E-state index contributed by atoms with van der Waals surface area (Å²) in [6, 6.07) is 5.83. The number of halogens is 2. The molecule has 1 fully saturated rings. The Balaban J connectivity index is 1.44. The fourth-order valence-electron chi connectivity index (χ4n) is 4.54. The maximum Gasteiger partial charge on any atom is 0.387 e. The van der Waals surface area contributed by atoms with Gasteiger partial charge >= 0.3 is 12.6 Å². The lowest BCUT2D eigenvalue weighted by molar-refractivity contribution is -0.0499. The van der Waals surface area contributed by atoms with Crippen molar-refractivity contribution >= 4 is 17.9 Å². The first-order valence-electron chi connectivity index (χ1n) is 11.0. The molecular weight excluding hydrogens is 428 g/mol. The Morgan fingerprint density at radius 2 is 2.03 bits per heavy atom. The maximum absolute atomic E-state index is 13.1. The van der Waals surface area contributed by atoms with Crippen molar-refractivity contribution in [3.05, 3.63) is 53.0 Å². The van der Waals surface area contributed by atoms with Crippen LogP contribution < -0.4 is 15.0 Å². The topological polar surface area (TPSA) is 70.6 Å². The van der Waals surface area contributed by atoms with Crippen LogP contribution in [0, 0.1) is 0 Å². The zero-order valence-corrected chi connectivity index (χ0v) is 19.3. The van der Waals surface area contributed by atoms with Crippen LogP contribution in [-0.4, -0.2) is 52.7 Å². The Bertz CT molecular complexity index is 1070. The average molecular weight is 458 g/mol. The summed E-state index contributed by atoms with van der Waals surface area (Å²) >= 11 is 0. The molecule has 1 aromatic heterocycles. The molecule has 1 aliphatic carbocycles. The number of piperazine rings is 1. The highest BCUT2D eigenvalue weighted by Crippen LogP contribution is 2.33. The highest BCUT2D eigenvalue weighted by Gasteiger charge is 2.38. The first kappa shape index (κ1) is 22.9. The number of allylic oxidation sites excluding steroid dienone is 1. The fourth-order valence-corrected chi connectivity index (χ4v) is 4.54. The number of hydrogen-bond donors (Lipinski definition) is 1. The number of amides is 2. The molecular formula is C24H29F2N5O2. The van der Waals surface area contributed by atoms with E-state index >= 15 is 0 Å². The van der Waals surface area contributed by atoms with Crippen LogP contribution in [0.5, 0.6) is 5.75 Å². The number of alkyl halides is 2. The summed E-state index contributed by atoms with van der Waals surface area (Å²) in [4.78, 5) is 26.1. The van der Waals surface area contributed by atoms with Crippen molar-refractivity contribution in [2.75, 3.05) is 24.5 Å². The lowest BCUT2D eigenvalue weighted by Crippen LogP contribution is -2.63. The van der Waals surface area contributed by atoms with Crippen LogP contribution in [0.25, 0.3) is 6.08 Å². The Morgan fingerprint density at radius 3 is 2.76 bits per heavy atom. The Morgan fingerprint density at radius 1 is 1.24 bits per heavy atom. The molecule has 2 aromatic rings. The summed E-state index contributed by atoms with van der Waals surface area (Å²) in [5, 5.41) is 2.99. The summed E-state index contributed by atoms with van der Waals surface area (Å²) in [6.45, 7) is 6.89. The second kappa shape index (κ2) is 8.96. The van der Waals surface area contributed by atoms with Crippen molar-refractivity contribution in [3.63, 3.8) is 0 Å². The van der Waals surface area contributed by atoms with E-state index in [1.165, 1.54) is 17.7 Å². The van der Waals surface area contributed by atoms with Gasteiger partial charge in [-0.2, -0.15) is 8.78 Å². The van der Waals surface area contributed by atoms with Gasteiger partial charge in [0.25, 0.3) is 0 Å². The summed E-state index contributed by atoms with van der Waals surface area (Å²) in [7, 11) is 0. The summed E-state index contributed by atoms with van der Waals surface area (Å²) in [5.74, 6) is 0.980. The van der Waals surface area contributed by atoms with Gasteiger partial charge in [-0.05, 0) is 45.4 Å². The second-order valence-corrected chi connectivity index (χ2v) is 9.23. The molecule has 4 rings (SSSR count). The molecule has 0 spiro atoms. The molecule has 2 heterocycles. The Labute approximate surface area is 192 Å². The van der Waals surface area contributed by atoms with Crippen LogP contribution in [0.3, 0.4) is 0 Å². The van der Waals surface area contributed by atoms with Crippen molar-refractivity contribution in [3.8, 4) is 5.75 Å². The first-order chi connectivity index (χ1) is 15.6. The van der Waals surface area contributed by atoms with E-state index in [9.17, 15) is 13.6 Å². The number of nitrogens with one attached hydrogen (secondary N) is 1. The first-order valence-corrected chi connectivity index (χ1v) is 11.0. The van der Waals surface area contributed by atoms with Crippen molar-refractivity contribution < 1.29 is 18.3 Å². The van der Waals surface area contributed by atoms with E-state index in [1.807, 2.05) is 25.7 Å². The highest BCUT2D eigenvalue weighted by atomic mass is 19.3. The van der Waals surface area contributed by atoms with Crippen molar-refractivity contribution in [2.24, 2.45) is 0 Å². The smallest absolute Gasteiger partial charge is 0.387 e. The van der Waals surface area contributed by atoms with Gasteiger partial charge in [0.2, 0.25) is 0 Å². The molecule has 1 N–H and O–H groups in total. The van der Waals surface area contributed by atoms with Gasteiger partial charge in [0, 0.05) is 31.6 Å². The van der Waals surface area contributed by atoms with Crippen molar-refractivity contribution in [2.45, 2.75) is 52.3 Å². The summed E-state index contributed by atoms with van der Waals surface area (Å²) in [6.07, 6.45) is 4.60. The third-order valence-electron chi connectivity index (χ3n) is 6.15. The van der Waals surface area contributed by atoms with E-state index in [4.69, 9.17) is 0 Å². The van der Waals surface area contributed by atoms with E-state index in [0.717, 1.165) is 23.5 Å². The van der Waals surface area contributed by atoms with E-state index in [2.05, 4.69) is 37.9 Å². The molecule has 0 bridgehead atoms. The number of rotatable bonds is 5. The van der Waals surface area contributed by atoms with Crippen LogP contribution >= 0.6 is 0 Å². The van der Waals surface area contributed by atoms with Gasteiger partial charge in [-0.3, -0.25) is 0 Å². The van der Waals surface area contributed by atoms with Crippen molar-refractivity contribution in [1.82, 2.24) is 20.2 Å². The number of carbonyl (C=O) groups is 1. The molecule has 0 saturated carbocycles. The molecule has 33 heavy (non-hydrogen) atoms. The lowest BCUT2D eigenvalue weighted by atomic mass is 9.98. The average Bonchev–Trinajstić information content (AvgIpc) is 3.12. The van der Waals surface area contributed by atoms with E-state index in [1.54, 1.807) is 18.5 Å². The lowest BCUT2D eigenvalue weighted by Gasteiger charge is -2.47. The van der Waals surface area contributed by atoms with Gasteiger partial charge < -0.3 is 19.9 Å². The summed E-state index contributed by atoms with van der Waals surface area (Å²) in [5.41, 5.74) is 3.63. The molecule has 176 valence electrons. The largest absolute Gasteiger partial charge is 0.435 e. The van der Waals surface area contributed by atoms with Crippen LogP contribution in [0.15, 0.2) is 36.2 Å². The van der Waals surface area contributed by atoms with E-state index < -0.39 is 12.2 Å².